The Balaban J connectivity index is 2.42. The van der Waals surface area contributed by atoms with E-state index < -0.39 is 0 Å². The summed E-state index contributed by atoms with van der Waals surface area (Å²) in [6.07, 6.45) is 5.17. The Morgan fingerprint density at radius 2 is 2.00 bits per heavy atom. The monoisotopic (exact) mass is 210 g/mol. The Labute approximate surface area is 94.5 Å². The van der Waals surface area contributed by atoms with Crippen molar-refractivity contribution >= 4 is 21.8 Å². The summed E-state index contributed by atoms with van der Waals surface area (Å²) in [4.78, 5) is 4.50. The third kappa shape index (κ3) is 1.30. The smallest absolute Gasteiger partial charge is 0.0944 e. The van der Waals surface area contributed by atoms with Gasteiger partial charge in [0.15, 0.2) is 0 Å². The van der Waals surface area contributed by atoms with Crippen molar-refractivity contribution in [1.29, 1.82) is 0 Å². The van der Waals surface area contributed by atoms with E-state index in [0.717, 1.165) is 18.5 Å². The molecular formula is C14H14N2. The maximum atomic E-state index is 4.50. The molecule has 2 nitrogen and oxygen atoms in total. The van der Waals surface area contributed by atoms with Gasteiger partial charge in [0.2, 0.25) is 0 Å². The third-order valence-electron chi connectivity index (χ3n) is 2.96. The minimum absolute atomic E-state index is 1.05. The Kier molecular flexibility index (Phi) is 2.13. The van der Waals surface area contributed by atoms with Crippen LogP contribution in [0.4, 0.5) is 0 Å². The van der Waals surface area contributed by atoms with Crippen molar-refractivity contribution in [1.82, 2.24) is 9.55 Å². The molecule has 0 N–H and O–H groups in total. The van der Waals surface area contributed by atoms with Gasteiger partial charge in [-0.3, -0.25) is 4.98 Å². The molecule has 0 fully saturated rings. The maximum absolute atomic E-state index is 4.50. The molecule has 0 aliphatic heterocycles. The predicted octanol–water partition coefficient (Wildman–Crippen LogP) is 3.60. The topological polar surface area (TPSA) is 17.8 Å². The highest BCUT2D eigenvalue weighted by atomic mass is 15.0. The minimum Gasteiger partial charge on any atom is -0.346 e. The Morgan fingerprint density at radius 3 is 2.88 bits per heavy atom. The van der Waals surface area contributed by atoms with Crippen LogP contribution in [0.5, 0.6) is 0 Å². The predicted molar refractivity (Wildman–Crippen MR) is 67.5 cm³/mol. The Hall–Kier alpha value is -1.83. The van der Waals surface area contributed by atoms with E-state index in [9.17, 15) is 0 Å². The second kappa shape index (κ2) is 3.63. The molecule has 0 spiro atoms. The largest absolute Gasteiger partial charge is 0.346 e. The van der Waals surface area contributed by atoms with E-state index in [2.05, 4.69) is 46.9 Å². The van der Waals surface area contributed by atoms with E-state index >= 15 is 0 Å². The normalized spacial score (nSPS) is 11.3. The second-order valence-corrected chi connectivity index (χ2v) is 4.09. The zero-order valence-electron chi connectivity index (χ0n) is 9.35. The lowest BCUT2D eigenvalue weighted by atomic mass is 10.1. The molecule has 2 heterocycles. The van der Waals surface area contributed by atoms with E-state index in [-0.39, 0.29) is 0 Å². The molecule has 16 heavy (non-hydrogen) atoms. The van der Waals surface area contributed by atoms with Crippen LogP contribution in [-0.4, -0.2) is 9.55 Å². The summed E-state index contributed by atoms with van der Waals surface area (Å²) >= 11 is 0. The molecule has 0 atom stereocenters. The highest BCUT2D eigenvalue weighted by Gasteiger charge is 2.05. The second-order valence-electron chi connectivity index (χ2n) is 4.09. The summed E-state index contributed by atoms with van der Waals surface area (Å²) in [6.45, 7) is 3.25. The van der Waals surface area contributed by atoms with Crippen molar-refractivity contribution in [2.45, 2.75) is 19.9 Å². The van der Waals surface area contributed by atoms with Crippen LogP contribution in [0, 0.1) is 0 Å². The molecule has 0 aliphatic carbocycles. The molecule has 2 heteroatoms. The Morgan fingerprint density at radius 1 is 1.12 bits per heavy atom. The number of fused-ring (bicyclic) bond motifs is 3. The van der Waals surface area contributed by atoms with Crippen LogP contribution in [-0.2, 0) is 6.54 Å². The van der Waals surface area contributed by atoms with Gasteiger partial charge in [0.25, 0.3) is 0 Å². The zero-order valence-corrected chi connectivity index (χ0v) is 9.35. The lowest BCUT2D eigenvalue weighted by Crippen LogP contribution is -1.95. The number of aryl methyl sites for hydroxylation is 1. The number of hydrogen-bond donors (Lipinski definition) is 0. The molecule has 0 radical (unpaired) electrons. The molecule has 0 aliphatic rings. The number of hydrogen-bond acceptors (Lipinski definition) is 1. The van der Waals surface area contributed by atoms with Gasteiger partial charge in [-0.05, 0) is 18.6 Å². The van der Waals surface area contributed by atoms with Gasteiger partial charge in [-0.15, -0.1) is 0 Å². The van der Waals surface area contributed by atoms with E-state index in [0.29, 0.717) is 0 Å². The van der Waals surface area contributed by atoms with E-state index in [1.807, 2.05) is 12.3 Å². The first kappa shape index (κ1) is 9.40. The van der Waals surface area contributed by atoms with Crippen molar-refractivity contribution in [3.63, 3.8) is 0 Å². The van der Waals surface area contributed by atoms with Crippen molar-refractivity contribution < 1.29 is 0 Å². The molecule has 0 amide bonds. The fourth-order valence-corrected chi connectivity index (χ4v) is 2.25. The summed E-state index contributed by atoms with van der Waals surface area (Å²) in [5.41, 5.74) is 2.37. The third-order valence-corrected chi connectivity index (χ3v) is 2.96. The van der Waals surface area contributed by atoms with E-state index in [1.54, 1.807) is 0 Å². The Bertz CT molecular complexity index is 637. The highest BCUT2D eigenvalue weighted by Crippen LogP contribution is 2.24. The molecule has 3 aromatic rings. The van der Waals surface area contributed by atoms with Crippen LogP contribution in [0.25, 0.3) is 21.8 Å². The highest BCUT2D eigenvalue weighted by molar-refractivity contribution is 6.03. The molecule has 0 bridgehead atoms. The number of benzene rings is 1. The zero-order chi connectivity index (χ0) is 11.0. The SMILES string of the molecule is CCCn1ccc2ccc3cccnc3c21. The van der Waals surface area contributed by atoms with Gasteiger partial charge in [-0.2, -0.15) is 0 Å². The summed E-state index contributed by atoms with van der Waals surface area (Å²) in [6, 6.07) is 10.6. The van der Waals surface area contributed by atoms with Gasteiger partial charge in [-0.25, -0.2) is 0 Å². The fraction of sp³-hybridized carbons (Fsp3) is 0.214. The summed E-state index contributed by atoms with van der Waals surface area (Å²) in [5, 5.41) is 2.49. The summed E-state index contributed by atoms with van der Waals surface area (Å²) in [5.74, 6) is 0. The molecule has 3 rings (SSSR count). The standard InChI is InChI=1S/C14H14N2/c1-2-9-16-10-7-12-6-5-11-4-3-8-15-13(11)14(12)16/h3-8,10H,2,9H2,1H3. The number of pyridine rings is 1. The quantitative estimate of drug-likeness (QED) is 0.632. The molecular weight excluding hydrogens is 196 g/mol. The van der Waals surface area contributed by atoms with Crippen LogP contribution >= 0.6 is 0 Å². The van der Waals surface area contributed by atoms with Gasteiger partial charge < -0.3 is 4.57 Å². The van der Waals surface area contributed by atoms with Crippen molar-refractivity contribution in [2.24, 2.45) is 0 Å². The summed E-state index contributed by atoms with van der Waals surface area (Å²) < 4.78 is 2.30. The maximum Gasteiger partial charge on any atom is 0.0944 e. The lowest BCUT2D eigenvalue weighted by Gasteiger charge is -2.05. The van der Waals surface area contributed by atoms with Crippen LogP contribution < -0.4 is 0 Å². The first-order valence-corrected chi connectivity index (χ1v) is 5.72. The van der Waals surface area contributed by atoms with Gasteiger partial charge in [0.1, 0.15) is 0 Å². The van der Waals surface area contributed by atoms with Crippen LogP contribution in [0.2, 0.25) is 0 Å². The molecule has 2 aromatic heterocycles. The van der Waals surface area contributed by atoms with Crippen molar-refractivity contribution in [2.75, 3.05) is 0 Å². The number of aromatic nitrogens is 2. The molecule has 1 aromatic carbocycles. The number of rotatable bonds is 2. The average molecular weight is 210 g/mol. The van der Waals surface area contributed by atoms with Gasteiger partial charge in [0, 0.05) is 29.7 Å². The van der Waals surface area contributed by atoms with Gasteiger partial charge in [-0.1, -0.05) is 25.1 Å². The first-order valence-electron chi connectivity index (χ1n) is 5.72. The molecule has 0 saturated heterocycles. The van der Waals surface area contributed by atoms with E-state index in [4.69, 9.17) is 0 Å². The average Bonchev–Trinajstić information content (AvgIpc) is 2.73. The van der Waals surface area contributed by atoms with Gasteiger partial charge in [0.05, 0.1) is 11.0 Å². The van der Waals surface area contributed by atoms with Crippen molar-refractivity contribution in [3.05, 3.63) is 42.7 Å². The number of nitrogens with zero attached hydrogens (tertiary/aromatic N) is 2. The van der Waals surface area contributed by atoms with Crippen LogP contribution in [0.1, 0.15) is 13.3 Å². The molecule has 0 saturated carbocycles. The summed E-state index contributed by atoms with van der Waals surface area (Å²) in [7, 11) is 0. The van der Waals surface area contributed by atoms with Crippen LogP contribution in [0.15, 0.2) is 42.7 Å². The molecule has 0 unspecified atom stereocenters. The van der Waals surface area contributed by atoms with Gasteiger partial charge >= 0.3 is 0 Å². The fourth-order valence-electron chi connectivity index (χ4n) is 2.25. The lowest BCUT2D eigenvalue weighted by molar-refractivity contribution is 0.704. The molecule has 80 valence electrons. The minimum atomic E-state index is 1.05. The van der Waals surface area contributed by atoms with E-state index in [1.165, 1.54) is 16.3 Å². The first-order chi connectivity index (χ1) is 7.90. The van der Waals surface area contributed by atoms with Crippen LogP contribution in [0.3, 0.4) is 0 Å². The van der Waals surface area contributed by atoms with Crippen molar-refractivity contribution in [3.8, 4) is 0 Å².